The van der Waals surface area contributed by atoms with E-state index in [1.807, 2.05) is 11.8 Å². The fourth-order valence-corrected chi connectivity index (χ4v) is 3.93. The van der Waals surface area contributed by atoms with Crippen LogP contribution >= 0.6 is 0 Å². The Kier molecular flexibility index (Phi) is 6.77. The first-order valence-corrected chi connectivity index (χ1v) is 10.6. The number of rotatable bonds is 5. The molecule has 11 heteroatoms. The van der Waals surface area contributed by atoms with Crippen molar-refractivity contribution < 1.29 is 27.2 Å². The van der Waals surface area contributed by atoms with Crippen molar-refractivity contribution in [3.8, 4) is 11.4 Å². The highest BCUT2D eigenvalue weighted by Crippen LogP contribution is 2.32. The molecule has 4 rings (SSSR count). The third-order valence-electron chi connectivity index (χ3n) is 5.92. The normalized spacial score (nSPS) is 19.8. The SMILES string of the molecule is CC(c1nc(-c2cccc(C(F)(F)F)c2)no1)N1CCN(CC(=O)N2CCOCC2)CC1. The predicted molar refractivity (Wildman–Crippen MR) is 109 cm³/mol. The number of benzene rings is 1. The summed E-state index contributed by atoms with van der Waals surface area (Å²) in [6.45, 7) is 7.68. The van der Waals surface area contributed by atoms with Crippen LogP contribution < -0.4 is 0 Å². The van der Waals surface area contributed by atoms with E-state index in [2.05, 4.69) is 19.9 Å². The Morgan fingerprint density at radius 3 is 2.53 bits per heavy atom. The topological polar surface area (TPSA) is 74.9 Å². The van der Waals surface area contributed by atoms with E-state index < -0.39 is 11.7 Å². The Bertz CT molecular complexity index is 921. The molecule has 2 saturated heterocycles. The lowest BCUT2D eigenvalue weighted by Gasteiger charge is -2.37. The number of carbonyl (C=O) groups excluding carboxylic acids is 1. The van der Waals surface area contributed by atoms with Gasteiger partial charge < -0.3 is 14.2 Å². The number of ether oxygens (including phenoxy) is 1. The minimum Gasteiger partial charge on any atom is -0.378 e. The number of nitrogens with zero attached hydrogens (tertiary/aromatic N) is 5. The maximum absolute atomic E-state index is 13.0. The number of hydrogen-bond acceptors (Lipinski definition) is 7. The van der Waals surface area contributed by atoms with Gasteiger partial charge in [-0.15, -0.1) is 0 Å². The molecule has 0 saturated carbocycles. The average Bonchev–Trinajstić information content (AvgIpc) is 3.30. The van der Waals surface area contributed by atoms with Crippen LogP contribution in [0, 0.1) is 0 Å². The number of morpholine rings is 1. The molecular weight excluding hydrogens is 427 g/mol. The van der Waals surface area contributed by atoms with Crippen molar-refractivity contribution in [2.45, 2.75) is 19.1 Å². The van der Waals surface area contributed by atoms with Crippen LogP contribution in [0.3, 0.4) is 0 Å². The lowest BCUT2D eigenvalue weighted by molar-refractivity contribution is -0.138. The van der Waals surface area contributed by atoms with Crippen molar-refractivity contribution in [1.29, 1.82) is 0 Å². The van der Waals surface area contributed by atoms with Crippen molar-refractivity contribution in [3.63, 3.8) is 0 Å². The second-order valence-corrected chi connectivity index (χ2v) is 8.02. The van der Waals surface area contributed by atoms with Gasteiger partial charge in [-0.1, -0.05) is 17.3 Å². The number of amides is 1. The van der Waals surface area contributed by atoms with Gasteiger partial charge in [-0.25, -0.2) is 0 Å². The largest absolute Gasteiger partial charge is 0.416 e. The molecule has 1 aromatic heterocycles. The smallest absolute Gasteiger partial charge is 0.378 e. The van der Waals surface area contributed by atoms with Crippen LogP contribution in [-0.2, 0) is 15.7 Å². The maximum atomic E-state index is 13.0. The number of alkyl halides is 3. The number of aromatic nitrogens is 2. The molecule has 1 atom stereocenters. The number of hydrogen-bond donors (Lipinski definition) is 0. The quantitative estimate of drug-likeness (QED) is 0.688. The van der Waals surface area contributed by atoms with Gasteiger partial charge in [0.2, 0.25) is 17.6 Å². The predicted octanol–water partition coefficient (Wildman–Crippen LogP) is 2.29. The Morgan fingerprint density at radius 1 is 1.12 bits per heavy atom. The number of piperazine rings is 1. The lowest BCUT2D eigenvalue weighted by atomic mass is 10.1. The van der Waals surface area contributed by atoms with Crippen LogP contribution in [0.4, 0.5) is 13.2 Å². The molecule has 174 valence electrons. The molecule has 0 aliphatic carbocycles. The fourth-order valence-electron chi connectivity index (χ4n) is 3.93. The molecule has 1 unspecified atom stereocenters. The number of halogens is 3. The first-order chi connectivity index (χ1) is 15.3. The zero-order valence-corrected chi connectivity index (χ0v) is 17.8. The van der Waals surface area contributed by atoms with Crippen LogP contribution in [0.15, 0.2) is 28.8 Å². The van der Waals surface area contributed by atoms with Crippen molar-refractivity contribution in [3.05, 3.63) is 35.7 Å². The minimum absolute atomic E-state index is 0.123. The Morgan fingerprint density at radius 2 is 1.84 bits per heavy atom. The highest BCUT2D eigenvalue weighted by molar-refractivity contribution is 5.78. The maximum Gasteiger partial charge on any atom is 0.416 e. The van der Waals surface area contributed by atoms with Crippen molar-refractivity contribution in [2.75, 3.05) is 59.0 Å². The summed E-state index contributed by atoms with van der Waals surface area (Å²) in [7, 11) is 0. The van der Waals surface area contributed by atoms with Crippen molar-refractivity contribution in [1.82, 2.24) is 24.8 Å². The summed E-state index contributed by atoms with van der Waals surface area (Å²) in [5.74, 6) is 0.611. The zero-order valence-electron chi connectivity index (χ0n) is 17.8. The molecule has 32 heavy (non-hydrogen) atoms. The number of carbonyl (C=O) groups is 1. The molecular formula is C21H26F3N5O3. The van der Waals surface area contributed by atoms with Crippen LogP contribution in [-0.4, -0.2) is 89.8 Å². The van der Waals surface area contributed by atoms with Crippen LogP contribution in [0.2, 0.25) is 0 Å². The van der Waals surface area contributed by atoms with E-state index in [0.29, 0.717) is 38.7 Å². The monoisotopic (exact) mass is 453 g/mol. The van der Waals surface area contributed by atoms with E-state index >= 15 is 0 Å². The Hall–Kier alpha value is -2.50. The average molecular weight is 453 g/mol. The summed E-state index contributed by atoms with van der Waals surface area (Å²) >= 11 is 0. The summed E-state index contributed by atoms with van der Waals surface area (Å²) in [5, 5.41) is 3.88. The fraction of sp³-hybridized carbons (Fsp3) is 0.571. The molecule has 0 N–H and O–H groups in total. The molecule has 8 nitrogen and oxygen atoms in total. The molecule has 2 fully saturated rings. The van der Waals surface area contributed by atoms with Gasteiger partial charge >= 0.3 is 6.18 Å². The van der Waals surface area contributed by atoms with E-state index in [1.165, 1.54) is 12.1 Å². The second-order valence-electron chi connectivity index (χ2n) is 8.02. The highest BCUT2D eigenvalue weighted by atomic mass is 19.4. The molecule has 1 aromatic carbocycles. The Balaban J connectivity index is 1.33. The molecule has 2 aliphatic heterocycles. The molecule has 2 aromatic rings. The standard InChI is InChI=1S/C21H26F3N5O3/c1-15(20-25-19(26-32-20)16-3-2-4-17(13-16)21(22,23)24)28-7-5-27(6-8-28)14-18(30)29-9-11-31-12-10-29/h2-4,13,15H,5-12,14H2,1H3. The van der Waals surface area contributed by atoms with Gasteiger partial charge in [0.05, 0.1) is 31.4 Å². The van der Waals surface area contributed by atoms with Gasteiger partial charge in [-0.2, -0.15) is 18.2 Å². The highest BCUT2D eigenvalue weighted by Gasteiger charge is 2.31. The van der Waals surface area contributed by atoms with Crippen molar-refractivity contribution >= 4 is 5.91 Å². The van der Waals surface area contributed by atoms with Gasteiger partial charge in [0.1, 0.15) is 0 Å². The van der Waals surface area contributed by atoms with Crippen molar-refractivity contribution in [2.24, 2.45) is 0 Å². The van der Waals surface area contributed by atoms with Crippen LogP contribution in [0.25, 0.3) is 11.4 Å². The Labute approximate surface area is 183 Å². The van der Waals surface area contributed by atoms with Crippen LogP contribution in [0.1, 0.15) is 24.4 Å². The molecule has 0 bridgehead atoms. The lowest BCUT2D eigenvalue weighted by Crippen LogP contribution is -2.51. The summed E-state index contributed by atoms with van der Waals surface area (Å²) in [4.78, 5) is 22.9. The van der Waals surface area contributed by atoms with E-state index in [4.69, 9.17) is 9.26 Å². The first kappa shape index (κ1) is 22.7. The van der Waals surface area contributed by atoms with Crippen LogP contribution in [0.5, 0.6) is 0 Å². The van der Waals surface area contributed by atoms with E-state index in [1.54, 1.807) is 0 Å². The third kappa shape index (κ3) is 5.28. The van der Waals surface area contributed by atoms with Gasteiger partial charge in [-0.05, 0) is 19.1 Å². The summed E-state index contributed by atoms with van der Waals surface area (Å²) in [6, 6.07) is 4.70. The van der Waals surface area contributed by atoms with E-state index in [9.17, 15) is 18.0 Å². The van der Waals surface area contributed by atoms with Gasteiger partial charge in [-0.3, -0.25) is 14.6 Å². The van der Waals surface area contributed by atoms with E-state index in [0.717, 1.165) is 38.3 Å². The second kappa shape index (κ2) is 9.55. The molecule has 3 heterocycles. The van der Waals surface area contributed by atoms with Gasteiger partial charge in [0.15, 0.2) is 0 Å². The summed E-state index contributed by atoms with van der Waals surface area (Å²) < 4.78 is 49.6. The molecule has 1 amide bonds. The van der Waals surface area contributed by atoms with Gasteiger partial charge in [0.25, 0.3) is 0 Å². The molecule has 0 spiro atoms. The molecule has 2 aliphatic rings. The molecule has 0 radical (unpaired) electrons. The first-order valence-electron chi connectivity index (χ1n) is 10.6. The minimum atomic E-state index is -4.43. The van der Waals surface area contributed by atoms with E-state index in [-0.39, 0.29) is 23.3 Å². The van der Waals surface area contributed by atoms with Gasteiger partial charge in [0, 0.05) is 44.8 Å². The summed E-state index contributed by atoms with van der Waals surface area (Å²) in [5.41, 5.74) is -0.495. The zero-order chi connectivity index (χ0) is 22.7. The summed E-state index contributed by atoms with van der Waals surface area (Å²) in [6.07, 6.45) is -4.43. The third-order valence-corrected chi connectivity index (χ3v) is 5.92.